The topological polar surface area (TPSA) is 87.7 Å². The first kappa shape index (κ1) is 13.8. The fraction of sp³-hybridized carbons (Fsp3) is 0.818. The van der Waals surface area contributed by atoms with E-state index in [2.05, 4.69) is 10.6 Å². The highest BCUT2D eigenvalue weighted by Crippen LogP contribution is 2.21. The second-order valence-corrected chi connectivity index (χ2v) is 4.23. The second kappa shape index (κ2) is 6.44. The van der Waals surface area contributed by atoms with Crippen LogP contribution in [0.4, 0.5) is 4.79 Å². The van der Waals surface area contributed by atoms with Crippen LogP contribution in [-0.2, 0) is 9.53 Å². The Morgan fingerprint density at radius 3 is 2.71 bits per heavy atom. The summed E-state index contributed by atoms with van der Waals surface area (Å²) in [6, 6.07) is -1.29. The Morgan fingerprint density at radius 1 is 1.47 bits per heavy atom. The van der Waals surface area contributed by atoms with E-state index in [1.165, 1.54) is 0 Å². The van der Waals surface area contributed by atoms with E-state index < -0.39 is 18.0 Å². The third-order valence-electron chi connectivity index (χ3n) is 3.08. The number of methoxy groups -OCH3 is 1. The van der Waals surface area contributed by atoms with Gasteiger partial charge in [0.25, 0.3) is 0 Å². The molecule has 6 nitrogen and oxygen atoms in total. The standard InChI is InChI=1S/C11H20N2O4/c1-3-7(10(14)15)12-11(16)13-8-5-4-6-9(8)17-2/h7-9H,3-6H2,1-2H3,(H,14,15)(H2,12,13,16)/t7-,8?,9?/m1/s1. The zero-order valence-corrected chi connectivity index (χ0v) is 10.2. The predicted molar refractivity (Wildman–Crippen MR) is 61.8 cm³/mol. The largest absolute Gasteiger partial charge is 0.480 e. The zero-order chi connectivity index (χ0) is 12.8. The molecule has 1 aliphatic rings. The number of hydrogen-bond acceptors (Lipinski definition) is 3. The SMILES string of the molecule is CC[C@@H](NC(=O)NC1CCCC1OC)C(=O)O. The van der Waals surface area contributed by atoms with Gasteiger partial charge in [0.2, 0.25) is 0 Å². The number of amides is 2. The molecule has 2 amide bonds. The lowest BCUT2D eigenvalue weighted by atomic mass is 10.2. The maximum Gasteiger partial charge on any atom is 0.326 e. The Balaban J connectivity index is 2.41. The fourth-order valence-corrected chi connectivity index (χ4v) is 2.08. The van der Waals surface area contributed by atoms with Crippen molar-refractivity contribution in [2.24, 2.45) is 0 Å². The number of carboxylic acids is 1. The number of ether oxygens (including phenoxy) is 1. The van der Waals surface area contributed by atoms with E-state index in [1.807, 2.05) is 0 Å². The molecule has 0 spiro atoms. The lowest BCUT2D eigenvalue weighted by Crippen LogP contribution is -2.50. The number of urea groups is 1. The van der Waals surface area contributed by atoms with Crippen molar-refractivity contribution >= 4 is 12.0 Å². The molecule has 0 saturated heterocycles. The van der Waals surface area contributed by atoms with Crippen molar-refractivity contribution in [3.63, 3.8) is 0 Å². The van der Waals surface area contributed by atoms with E-state index in [0.717, 1.165) is 19.3 Å². The van der Waals surface area contributed by atoms with E-state index in [9.17, 15) is 9.59 Å². The lowest BCUT2D eigenvalue weighted by Gasteiger charge is -2.21. The van der Waals surface area contributed by atoms with Crippen LogP contribution < -0.4 is 10.6 Å². The molecule has 2 unspecified atom stereocenters. The molecule has 0 heterocycles. The molecular formula is C11H20N2O4. The van der Waals surface area contributed by atoms with Crippen LogP contribution in [-0.4, -0.2) is 42.4 Å². The molecule has 1 saturated carbocycles. The van der Waals surface area contributed by atoms with E-state index in [4.69, 9.17) is 9.84 Å². The molecule has 98 valence electrons. The summed E-state index contributed by atoms with van der Waals surface area (Å²) in [5.74, 6) is -1.02. The van der Waals surface area contributed by atoms with Crippen LogP contribution in [0.5, 0.6) is 0 Å². The molecule has 17 heavy (non-hydrogen) atoms. The van der Waals surface area contributed by atoms with E-state index in [-0.39, 0.29) is 12.1 Å². The molecule has 6 heteroatoms. The summed E-state index contributed by atoms with van der Waals surface area (Å²) in [6.07, 6.45) is 3.21. The van der Waals surface area contributed by atoms with E-state index in [0.29, 0.717) is 6.42 Å². The van der Waals surface area contributed by atoms with Crippen molar-refractivity contribution in [1.82, 2.24) is 10.6 Å². The predicted octanol–water partition coefficient (Wildman–Crippen LogP) is 0.716. The monoisotopic (exact) mass is 244 g/mol. The first-order chi connectivity index (χ1) is 8.08. The Kier molecular flexibility index (Phi) is 5.21. The van der Waals surface area contributed by atoms with Crippen LogP contribution >= 0.6 is 0 Å². The number of nitrogens with one attached hydrogen (secondary N) is 2. The minimum Gasteiger partial charge on any atom is -0.480 e. The van der Waals surface area contributed by atoms with Crippen LogP contribution in [0.2, 0.25) is 0 Å². The summed E-state index contributed by atoms with van der Waals surface area (Å²) in [5.41, 5.74) is 0. The molecule has 0 bridgehead atoms. The number of aliphatic carboxylic acids is 1. The van der Waals surface area contributed by atoms with Crippen molar-refractivity contribution in [1.29, 1.82) is 0 Å². The first-order valence-electron chi connectivity index (χ1n) is 5.91. The molecule has 3 N–H and O–H groups in total. The molecule has 0 aromatic rings. The van der Waals surface area contributed by atoms with Crippen LogP contribution in [0, 0.1) is 0 Å². The van der Waals surface area contributed by atoms with Gasteiger partial charge in [-0.3, -0.25) is 0 Å². The molecule has 0 radical (unpaired) electrons. The van der Waals surface area contributed by atoms with Gasteiger partial charge in [-0.25, -0.2) is 9.59 Å². The number of carbonyl (C=O) groups excluding carboxylic acids is 1. The molecule has 3 atom stereocenters. The minimum absolute atomic E-state index is 0.0219. The minimum atomic E-state index is -1.02. The molecule has 1 fully saturated rings. The molecule has 1 rings (SSSR count). The van der Waals surface area contributed by atoms with Crippen LogP contribution in [0.15, 0.2) is 0 Å². The van der Waals surface area contributed by atoms with Crippen molar-refractivity contribution < 1.29 is 19.4 Å². The van der Waals surface area contributed by atoms with Crippen LogP contribution in [0.3, 0.4) is 0 Å². The second-order valence-electron chi connectivity index (χ2n) is 4.23. The van der Waals surface area contributed by atoms with Gasteiger partial charge < -0.3 is 20.5 Å². The van der Waals surface area contributed by atoms with Crippen molar-refractivity contribution in [3.8, 4) is 0 Å². The van der Waals surface area contributed by atoms with Gasteiger partial charge in [0.05, 0.1) is 12.1 Å². The summed E-state index contributed by atoms with van der Waals surface area (Å²) in [7, 11) is 1.62. The maximum absolute atomic E-state index is 11.6. The highest BCUT2D eigenvalue weighted by Gasteiger charge is 2.29. The van der Waals surface area contributed by atoms with E-state index >= 15 is 0 Å². The Hall–Kier alpha value is -1.30. The molecule has 1 aliphatic carbocycles. The summed E-state index contributed by atoms with van der Waals surface area (Å²) >= 11 is 0. The van der Waals surface area contributed by atoms with Crippen LogP contribution in [0.1, 0.15) is 32.6 Å². The van der Waals surface area contributed by atoms with Gasteiger partial charge >= 0.3 is 12.0 Å². The Labute approximate surface area is 101 Å². The van der Waals surface area contributed by atoms with Gasteiger partial charge in [0.1, 0.15) is 6.04 Å². The number of carbonyl (C=O) groups is 2. The Morgan fingerprint density at radius 2 is 2.18 bits per heavy atom. The number of carboxylic acid groups (broad SMARTS) is 1. The molecule has 0 aliphatic heterocycles. The highest BCUT2D eigenvalue weighted by molar-refractivity contribution is 5.82. The van der Waals surface area contributed by atoms with Crippen molar-refractivity contribution in [2.75, 3.05) is 7.11 Å². The summed E-state index contributed by atoms with van der Waals surface area (Å²) in [6.45, 7) is 1.71. The van der Waals surface area contributed by atoms with Gasteiger partial charge in [-0.1, -0.05) is 6.92 Å². The Bertz CT molecular complexity index is 283. The normalized spacial score (nSPS) is 25.3. The molecule has 0 aromatic heterocycles. The molecular weight excluding hydrogens is 224 g/mol. The maximum atomic E-state index is 11.6. The third kappa shape index (κ3) is 3.89. The smallest absolute Gasteiger partial charge is 0.326 e. The number of hydrogen-bond donors (Lipinski definition) is 3. The van der Waals surface area contributed by atoms with Gasteiger partial charge in [0, 0.05) is 7.11 Å². The van der Waals surface area contributed by atoms with Crippen molar-refractivity contribution in [2.45, 2.75) is 50.8 Å². The van der Waals surface area contributed by atoms with Crippen molar-refractivity contribution in [3.05, 3.63) is 0 Å². The summed E-state index contributed by atoms with van der Waals surface area (Å²) < 4.78 is 5.24. The lowest BCUT2D eigenvalue weighted by molar-refractivity contribution is -0.139. The van der Waals surface area contributed by atoms with Gasteiger partial charge in [-0.15, -0.1) is 0 Å². The molecule has 0 aromatic carbocycles. The van der Waals surface area contributed by atoms with Gasteiger partial charge in [0.15, 0.2) is 0 Å². The quantitative estimate of drug-likeness (QED) is 0.665. The first-order valence-corrected chi connectivity index (χ1v) is 5.91. The average Bonchev–Trinajstić information content (AvgIpc) is 2.72. The third-order valence-corrected chi connectivity index (χ3v) is 3.08. The fourth-order valence-electron chi connectivity index (χ4n) is 2.08. The average molecular weight is 244 g/mol. The van der Waals surface area contributed by atoms with Gasteiger partial charge in [-0.2, -0.15) is 0 Å². The highest BCUT2D eigenvalue weighted by atomic mass is 16.5. The van der Waals surface area contributed by atoms with Gasteiger partial charge in [-0.05, 0) is 25.7 Å². The number of rotatable bonds is 5. The summed E-state index contributed by atoms with van der Waals surface area (Å²) in [4.78, 5) is 22.3. The summed E-state index contributed by atoms with van der Waals surface area (Å²) in [5, 5.41) is 14.0. The zero-order valence-electron chi connectivity index (χ0n) is 10.2. The van der Waals surface area contributed by atoms with E-state index in [1.54, 1.807) is 14.0 Å². The van der Waals surface area contributed by atoms with Crippen LogP contribution in [0.25, 0.3) is 0 Å².